The summed E-state index contributed by atoms with van der Waals surface area (Å²) in [5.41, 5.74) is 10.3. The van der Waals surface area contributed by atoms with E-state index in [1.165, 1.54) is 44.9 Å². The molecule has 0 aliphatic rings. The van der Waals surface area contributed by atoms with Crippen LogP contribution in [-0.4, -0.2) is 9.67 Å². The summed E-state index contributed by atoms with van der Waals surface area (Å²) in [5, 5.41) is 11.5. The first kappa shape index (κ1) is 27.7. The summed E-state index contributed by atoms with van der Waals surface area (Å²) in [7, 11) is 2.14. The molecule has 1 atom stereocenters. The number of benzene rings is 3. The van der Waals surface area contributed by atoms with E-state index in [1.807, 2.05) is 0 Å². The Kier molecular flexibility index (Phi) is 7.12. The van der Waals surface area contributed by atoms with Crippen LogP contribution in [0.1, 0.15) is 97.8 Å². The Morgan fingerprint density at radius 3 is 1.68 bits per heavy atom. The normalized spacial score (nSPS) is 13.1. The van der Waals surface area contributed by atoms with Gasteiger partial charge in [0.25, 0.3) is 5.82 Å². The van der Waals surface area contributed by atoms with E-state index in [4.69, 9.17) is 0 Å². The maximum absolute atomic E-state index is 11.5. The molecular weight excluding hydrogens is 464 g/mol. The first-order valence-electron chi connectivity index (χ1n) is 13.7. The Balaban J connectivity index is 2.11. The van der Waals surface area contributed by atoms with Gasteiger partial charge in [0.05, 0.1) is 7.05 Å². The van der Waals surface area contributed by atoms with Crippen molar-refractivity contribution in [1.29, 1.82) is 0 Å². The molecule has 4 rings (SSSR count). The highest BCUT2D eigenvalue weighted by atomic mass is 16.3. The number of phenolic OH excluding ortho intramolecular Hbond substituents is 1. The Bertz CT molecular complexity index is 1420. The van der Waals surface area contributed by atoms with E-state index in [0.717, 1.165) is 11.1 Å². The summed E-state index contributed by atoms with van der Waals surface area (Å²) in [6, 6.07) is 17.9. The highest BCUT2D eigenvalue weighted by Crippen LogP contribution is 2.43. The number of phenols is 1. The minimum atomic E-state index is -0.202. The standard InChI is InChI=1S/C35H44N2O/c1-22-12-14-26(15-13-22)30(27-20-28(34(5,6)7)32(38)29(21-27)35(8,9)10)33-36(11)16-17-37(33)31-24(3)18-23(2)19-25(31)4/h12-21,30H,1-11H3/p+1. The molecule has 200 valence electrons. The Hall–Kier alpha value is -3.33. The van der Waals surface area contributed by atoms with Crippen LogP contribution in [0.15, 0.2) is 60.9 Å². The first-order chi connectivity index (χ1) is 17.6. The molecule has 4 aromatic rings. The summed E-state index contributed by atoms with van der Waals surface area (Å²) in [6.07, 6.45) is 4.35. The van der Waals surface area contributed by atoms with Gasteiger partial charge in [0.1, 0.15) is 29.7 Å². The van der Waals surface area contributed by atoms with E-state index in [1.54, 1.807) is 0 Å². The minimum absolute atomic E-state index is 0.0292. The van der Waals surface area contributed by atoms with Crippen LogP contribution in [0, 0.1) is 27.7 Å². The van der Waals surface area contributed by atoms with Gasteiger partial charge in [-0.25, -0.2) is 4.57 Å². The maximum Gasteiger partial charge on any atom is 0.273 e. The quantitative estimate of drug-likeness (QED) is 0.277. The molecule has 1 N–H and O–H groups in total. The Morgan fingerprint density at radius 1 is 0.711 bits per heavy atom. The van der Waals surface area contributed by atoms with Gasteiger partial charge in [0, 0.05) is 0 Å². The molecule has 0 aliphatic carbocycles. The number of rotatable bonds is 4. The summed E-state index contributed by atoms with van der Waals surface area (Å²) < 4.78 is 4.62. The van der Waals surface area contributed by atoms with Gasteiger partial charge in [-0.3, -0.25) is 0 Å². The molecule has 1 heterocycles. The fourth-order valence-electron chi connectivity index (χ4n) is 5.79. The van der Waals surface area contributed by atoms with Crippen molar-refractivity contribution < 1.29 is 9.67 Å². The molecule has 38 heavy (non-hydrogen) atoms. The van der Waals surface area contributed by atoms with E-state index < -0.39 is 0 Å². The molecule has 3 aromatic carbocycles. The number of hydrogen-bond donors (Lipinski definition) is 1. The first-order valence-corrected chi connectivity index (χ1v) is 13.7. The number of aromatic hydroxyl groups is 1. The third kappa shape index (κ3) is 5.16. The highest BCUT2D eigenvalue weighted by Gasteiger charge is 2.35. The van der Waals surface area contributed by atoms with Crippen molar-refractivity contribution in [1.82, 2.24) is 4.57 Å². The van der Waals surface area contributed by atoms with E-state index in [-0.39, 0.29) is 16.7 Å². The molecule has 3 heteroatoms. The molecular formula is C35H45N2O+. The van der Waals surface area contributed by atoms with Gasteiger partial charge in [-0.05, 0) is 71.9 Å². The second-order valence-corrected chi connectivity index (χ2v) is 13.2. The minimum Gasteiger partial charge on any atom is -0.507 e. The highest BCUT2D eigenvalue weighted by molar-refractivity contribution is 5.55. The fraction of sp³-hybridized carbons (Fsp3) is 0.400. The van der Waals surface area contributed by atoms with Gasteiger partial charge in [-0.2, -0.15) is 4.57 Å². The van der Waals surface area contributed by atoms with Crippen LogP contribution in [0.25, 0.3) is 5.69 Å². The Labute approximate surface area is 229 Å². The second-order valence-electron chi connectivity index (χ2n) is 13.2. The molecule has 3 nitrogen and oxygen atoms in total. The molecule has 1 aromatic heterocycles. The average Bonchev–Trinajstić information content (AvgIpc) is 3.14. The molecule has 0 aliphatic heterocycles. The van der Waals surface area contributed by atoms with Crippen LogP contribution >= 0.6 is 0 Å². The van der Waals surface area contributed by atoms with Crippen LogP contribution in [-0.2, 0) is 17.9 Å². The van der Waals surface area contributed by atoms with Crippen molar-refractivity contribution in [2.45, 2.75) is 86.0 Å². The van der Waals surface area contributed by atoms with Crippen LogP contribution in [0.2, 0.25) is 0 Å². The van der Waals surface area contributed by atoms with Crippen molar-refractivity contribution in [3.05, 3.63) is 111 Å². The molecule has 0 amide bonds. The molecule has 0 fully saturated rings. The number of aromatic nitrogens is 2. The van der Waals surface area contributed by atoms with Gasteiger partial charge in [0.2, 0.25) is 0 Å². The van der Waals surface area contributed by atoms with Crippen LogP contribution in [0.5, 0.6) is 5.75 Å². The van der Waals surface area contributed by atoms with Crippen molar-refractivity contribution >= 4 is 0 Å². The molecule has 1 unspecified atom stereocenters. The number of imidazole rings is 1. The SMILES string of the molecule is Cc1ccc(C(c2cc(C(C)(C)C)c(O)c(C(C)(C)C)c2)c2n(-c3c(C)cc(C)cc3C)cc[n+]2C)cc1. The van der Waals surface area contributed by atoms with E-state index in [0.29, 0.717) is 5.75 Å². The van der Waals surface area contributed by atoms with E-state index in [2.05, 4.69) is 146 Å². The van der Waals surface area contributed by atoms with Crippen LogP contribution in [0.4, 0.5) is 0 Å². The summed E-state index contributed by atoms with van der Waals surface area (Å²) in [4.78, 5) is 0. The average molecular weight is 510 g/mol. The number of hydrogen-bond acceptors (Lipinski definition) is 1. The van der Waals surface area contributed by atoms with Gasteiger partial charge in [-0.15, -0.1) is 0 Å². The smallest absolute Gasteiger partial charge is 0.273 e. The second kappa shape index (κ2) is 9.76. The zero-order valence-corrected chi connectivity index (χ0v) is 25.2. The topological polar surface area (TPSA) is 29.0 Å². The van der Waals surface area contributed by atoms with Gasteiger partial charge in [-0.1, -0.05) is 101 Å². The molecule has 0 spiro atoms. The van der Waals surface area contributed by atoms with Gasteiger partial charge >= 0.3 is 0 Å². The van der Waals surface area contributed by atoms with Crippen molar-refractivity contribution in [3.8, 4) is 11.4 Å². The molecule has 0 saturated heterocycles. The van der Waals surface area contributed by atoms with Crippen LogP contribution in [0.3, 0.4) is 0 Å². The van der Waals surface area contributed by atoms with Crippen molar-refractivity contribution in [3.63, 3.8) is 0 Å². The fourth-order valence-corrected chi connectivity index (χ4v) is 5.79. The summed E-state index contributed by atoms with van der Waals surface area (Å²) in [6.45, 7) is 21.8. The lowest BCUT2D eigenvalue weighted by molar-refractivity contribution is -0.678. The number of aryl methyl sites for hydroxylation is 5. The zero-order chi connectivity index (χ0) is 28.2. The number of nitrogens with zero attached hydrogens (tertiary/aromatic N) is 2. The van der Waals surface area contributed by atoms with Crippen molar-refractivity contribution in [2.24, 2.45) is 7.05 Å². The largest absolute Gasteiger partial charge is 0.507 e. The molecule has 0 bridgehead atoms. The third-order valence-corrected chi connectivity index (χ3v) is 7.67. The van der Waals surface area contributed by atoms with Crippen LogP contribution < -0.4 is 4.57 Å². The van der Waals surface area contributed by atoms with Gasteiger partial charge in [0.15, 0.2) is 0 Å². The van der Waals surface area contributed by atoms with E-state index in [9.17, 15) is 5.11 Å². The van der Waals surface area contributed by atoms with Gasteiger partial charge < -0.3 is 5.11 Å². The third-order valence-electron chi connectivity index (χ3n) is 7.67. The molecule has 0 saturated carbocycles. The lowest BCUT2D eigenvalue weighted by atomic mass is 9.76. The summed E-state index contributed by atoms with van der Waals surface area (Å²) >= 11 is 0. The predicted molar refractivity (Wildman–Crippen MR) is 159 cm³/mol. The lowest BCUT2D eigenvalue weighted by Crippen LogP contribution is -2.35. The maximum atomic E-state index is 11.5. The molecule has 0 radical (unpaired) electrons. The Morgan fingerprint density at radius 2 is 1.21 bits per heavy atom. The zero-order valence-electron chi connectivity index (χ0n) is 25.2. The monoisotopic (exact) mass is 509 g/mol. The summed E-state index contributed by atoms with van der Waals surface area (Å²) in [5.74, 6) is 1.58. The van der Waals surface area contributed by atoms with E-state index >= 15 is 0 Å². The predicted octanol–water partition coefficient (Wildman–Crippen LogP) is 8.02. The van der Waals surface area contributed by atoms with Crippen molar-refractivity contribution in [2.75, 3.05) is 0 Å². The lowest BCUT2D eigenvalue weighted by Gasteiger charge is -2.29.